The van der Waals surface area contributed by atoms with Crippen LogP contribution in [0.5, 0.6) is 0 Å². The van der Waals surface area contributed by atoms with Gasteiger partial charge in [0.05, 0.1) is 0 Å². The number of esters is 5. The molecule has 284 valence electrons. The lowest BCUT2D eigenvalue weighted by molar-refractivity contribution is -0.344. The van der Waals surface area contributed by atoms with E-state index >= 15 is 0 Å². The van der Waals surface area contributed by atoms with Crippen molar-refractivity contribution in [3.05, 3.63) is 0 Å². The van der Waals surface area contributed by atoms with Crippen LogP contribution in [0, 0.1) is 0 Å². The van der Waals surface area contributed by atoms with Crippen LogP contribution < -0.4 is 5.32 Å². The summed E-state index contributed by atoms with van der Waals surface area (Å²) in [5, 5.41) is 2.66. The fraction of sp³-hybridized carbons (Fsp3) is 0.774. The van der Waals surface area contributed by atoms with E-state index in [-0.39, 0.29) is 10.9 Å². The molecule has 0 aromatic carbocycles. The van der Waals surface area contributed by atoms with Gasteiger partial charge in [0.25, 0.3) is 0 Å². The van der Waals surface area contributed by atoms with Crippen LogP contribution in [0.1, 0.15) is 61.3 Å². The number of methoxy groups -OCH3 is 1. The number of nitrogens with one attached hydrogen (secondary N) is 1. The molecule has 19 heteroatoms. The molecule has 50 heavy (non-hydrogen) atoms. The topological polar surface area (TPSA) is 215 Å². The maximum atomic E-state index is 12.4. The van der Waals surface area contributed by atoms with Crippen LogP contribution >= 0.6 is 23.5 Å². The SMILES string of the molecule is CO[C@@H]1O[C@H](COC(C)=O)[C@H](O[C@@H]2O[C@H](CSCCCCSC(C)=O)[C@H](OC(C)=O)[C@H](OC(C)=O)[C@H]2OC(C)=O)[C@H](OC(C)=O)[C@H]1NC(C)=O. The summed E-state index contributed by atoms with van der Waals surface area (Å²) < 4.78 is 51.8. The molecule has 2 heterocycles. The molecule has 1 N–H and O–H groups in total. The first-order valence-electron chi connectivity index (χ1n) is 15.8. The summed E-state index contributed by atoms with van der Waals surface area (Å²) in [6, 6.07) is -1.15. The minimum Gasteiger partial charge on any atom is -0.463 e. The zero-order valence-corrected chi connectivity index (χ0v) is 31.0. The fourth-order valence-corrected chi connectivity index (χ4v) is 7.01. The fourth-order valence-electron chi connectivity index (χ4n) is 5.30. The Kier molecular flexibility index (Phi) is 18.5. The first-order chi connectivity index (χ1) is 23.5. The molecule has 0 bridgehead atoms. The quantitative estimate of drug-likeness (QED) is 0.125. The van der Waals surface area contributed by atoms with Crippen molar-refractivity contribution in [1.82, 2.24) is 5.32 Å². The van der Waals surface area contributed by atoms with E-state index in [1.807, 2.05) is 0 Å². The number of hydrogen-bond donors (Lipinski definition) is 1. The van der Waals surface area contributed by atoms with Gasteiger partial charge in [0.15, 0.2) is 42.1 Å². The van der Waals surface area contributed by atoms with Crippen molar-refractivity contribution in [1.29, 1.82) is 0 Å². The Morgan fingerprint density at radius 3 is 1.70 bits per heavy atom. The lowest BCUT2D eigenvalue weighted by Gasteiger charge is -2.49. The first kappa shape index (κ1) is 43.2. The van der Waals surface area contributed by atoms with E-state index in [0.29, 0.717) is 11.5 Å². The van der Waals surface area contributed by atoms with Crippen LogP contribution in [-0.4, -0.2) is 133 Å². The smallest absolute Gasteiger partial charge is 0.303 e. The van der Waals surface area contributed by atoms with E-state index in [1.165, 1.54) is 51.4 Å². The molecule has 2 aliphatic heterocycles. The number of unbranched alkanes of at least 4 members (excludes halogenated alkanes) is 1. The second-order valence-corrected chi connectivity index (χ2v) is 13.8. The summed E-state index contributed by atoms with van der Waals surface area (Å²) in [6.45, 7) is 7.96. The van der Waals surface area contributed by atoms with Crippen LogP contribution in [0.4, 0.5) is 0 Å². The Bertz CT molecular complexity index is 1200. The number of ether oxygens (including phenoxy) is 9. The zero-order chi connectivity index (χ0) is 37.5. The summed E-state index contributed by atoms with van der Waals surface area (Å²) >= 11 is 2.66. The van der Waals surface area contributed by atoms with E-state index < -0.39 is 104 Å². The molecule has 0 unspecified atom stereocenters. The maximum Gasteiger partial charge on any atom is 0.303 e. The Balaban J connectivity index is 2.58. The van der Waals surface area contributed by atoms with Gasteiger partial charge in [-0.25, -0.2) is 0 Å². The number of rotatable bonds is 17. The Morgan fingerprint density at radius 2 is 1.16 bits per heavy atom. The van der Waals surface area contributed by atoms with Crippen molar-refractivity contribution >= 4 is 64.4 Å². The summed E-state index contributed by atoms with van der Waals surface area (Å²) in [4.78, 5) is 84.7. The van der Waals surface area contributed by atoms with Crippen molar-refractivity contribution in [2.24, 2.45) is 0 Å². The Morgan fingerprint density at radius 1 is 0.620 bits per heavy atom. The highest BCUT2D eigenvalue weighted by molar-refractivity contribution is 8.13. The molecule has 0 aromatic rings. The number of thioether (sulfide) groups is 2. The maximum absolute atomic E-state index is 12.4. The first-order valence-corrected chi connectivity index (χ1v) is 18.0. The molecule has 1 amide bonds. The Labute approximate surface area is 299 Å². The molecule has 0 saturated carbocycles. The van der Waals surface area contributed by atoms with Gasteiger partial charge in [-0.15, -0.1) is 0 Å². The van der Waals surface area contributed by atoms with Crippen molar-refractivity contribution in [3.8, 4) is 0 Å². The monoisotopic (exact) mass is 753 g/mol. The molecule has 17 nitrogen and oxygen atoms in total. The number of amides is 1. The van der Waals surface area contributed by atoms with Crippen molar-refractivity contribution in [3.63, 3.8) is 0 Å². The molecule has 0 aliphatic carbocycles. The highest BCUT2D eigenvalue weighted by atomic mass is 32.2. The van der Waals surface area contributed by atoms with Crippen LogP contribution in [0.3, 0.4) is 0 Å². The molecular weight excluding hydrogens is 706 g/mol. The lowest BCUT2D eigenvalue weighted by atomic mass is 9.95. The van der Waals surface area contributed by atoms with E-state index in [4.69, 9.17) is 42.6 Å². The highest BCUT2D eigenvalue weighted by Crippen LogP contribution is 2.35. The van der Waals surface area contributed by atoms with Gasteiger partial charge in [-0.1, -0.05) is 11.8 Å². The van der Waals surface area contributed by atoms with E-state index in [0.717, 1.165) is 40.5 Å². The summed E-state index contributed by atoms with van der Waals surface area (Å²) in [5.41, 5.74) is 0. The van der Waals surface area contributed by atoms with Gasteiger partial charge < -0.3 is 47.9 Å². The van der Waals surface area contributed by atoms with Crippen LogP contribution in [0.15, 0.2) is 0 Å². The van der Waals surface area contributed by atoms with E-state index in [2.05, 4.69) is 5.32 Å². The standard InChI is InChI=1S/C31H47NO16S2/c1-15(33)32-24-27(43-18(4)36)25(22(13-41-16(2)34)46-30(24)40-8)48-31-29(45-20(6)38)28(44-19(5)37)26(42-17(3)35)23(47-31)14-49-11-9-10-12-50-21(7)39/h22-31H,9-14H2,1-8H3,(H,32,33)/t22-,23-,24-,25+,26+,27-,28+,29-,30-,31+/m1/s1. The molecule has 0 radical (unpaired) electrons. The zero-order valence-electron chi connectivity index (χ0n) is 29.4. The van der Waals surface area contributed by atoms with Crippen LogP contribution in [-0.2, 0) is 76.2 Å². The van der Waals surface area contributed by atoms with Gasteiger partial charge in [-0.3, -0.25) is 33.6 Å². The van der Waals surface area contributed by atoms with E-state index in [1.54, 1.807) is 0 Å². The normalized spacial score (nSPS) is 29.2. The van der Waals surface area contributed by atoms with Gasteiger partial charge in [0.1, 0.15) is 31.0 Å². The molecule has 2 aliphatic rings. The van der Waals surface area contributed by atoms with Crippen molar-refractivity contribution < 1.29 is 76.2 Å². The molecular formula is C31H47NO16S2. The molecule has 2 rings (SSSR count). The second-order valence-electron chi connectivity index (χ2n) is 11.4. The predicted octanol–water partition coefficient (Wildman–Crippen LogP) is 1.06. The minimum atomic E-state index is -1.59. The number of carbonyl (C=O) groups excluding carboxylic acids is 7. The lowest BCUT2D eigenvalue weighted by Crippen LogP contribution is -2.69. The van der Waals surface area contributed by atoms with E-state index in [9.17, 15) is 33.6 Å². The average molecular weight is 754 g/mol. The number of hydrogen-bond acceptors (Lipinski definition) is 18. The van der Waals surface area contributed by atoms with Crippen LogP contribution in [0.2, 0.25) is 0 Å². The number of carbonyl (C=O) groups is 7. The third kappa shape index (κ3) is 14.3. The molecule has 2 fully saturated rings. The molecule has 0 spiro atoms. The van der Waals surface area contributed by atoms with Gasteiger partial charge in [0, 0.05) is 67.1 Å². The van der Waals surface area contributed by atoms with Crippen molar-refractivity contribution in [2.45, 2.75) is 123 Å². The highest BCUT2D eigenvalue weighted by Gasteiger charge is 2.56. The molecule has 10 atom stereocenters. The third-order valence-electron chi connectivity index (χ3n) is 7.06. The third-order valence-corrected chi connectivity index (χ3v) is 9.10. The Hall–Kier alpha value is -2.97. The molecule has 0 aromatic heterocycles. The average Bonchev–Trinajstić information content (AvgIpc) is 2.99. The van der Waals surface area contributed by atoms with Gasteiger partial charge in [-0.2, -0.15) is 11.8 Å². The summed E-state index contributed by atoms with van der Waals surface area (Å²) in [5.74, 6) is -2.84. The largest absolute Gasteiger partial charge is 0.463 e. The summed E-state index contributed by atoms with van der Waals surface area (Å²) in [6.07, 6.45) is -10.4. The molecule has 2 saturated heterocycles. The second kappa shape index (κ2) is 21.4. The van der Waals surface area contributed by atoms with Crippen LogP contribution in [0.25, 0.3) is 0 Å². The van der Waals surface area contributed by atoms with Gasteiger partial charge in [0.2, 0.25) is 5.91 Å². The minimum absolute atomic E-state index is 0.0258. The summed E-state index contributed by atoms with van der Waals surface area (Å²) in [7, 11) is 1.29. The van der Waals surface area contributed by atoms with Crippen molar-refractivity contribution in [2.75, 3.05) is 31.0 Å². The predicted molar refractivity (Wildman–Crippen MR) is 175 cm³/mol. The van der Waals surface area contributed by atoms with Gasteiger partial charge in [-0.05, 0) is 18.6 Å². The van der Waals surface area contributed by atoms with Gasteiger partial charge >= 0.3 is 29.8 Å².